The lowest BCUT2D eigenvalue weighted by atomic mass is 9.73. The third-order valence-corrected chi connectivity index (χ3v) is 7.15. The van der Waals surface area contributed by atoms with Gasteiger partial charge in [0.25, 0.3) is 0 Å². The van der Waals surface area contributed by atoms with E-state index in [9.17, 15) is 18.0 Å². The quantitative estimate of drug-likeness (QED) is 0.309. The summed E-state index contributed by atoms with van der Waals surface area (Å²) in [5.41, 5.74) is 6.94. The molecule has 4 aromatic rings. The molecular formula is C30H27F3N4O2. The van der Waals surface area contributed by atoms with Crippen LogP contribution in [0.25, 0.3) is 11.3 Å². The van der Waals surface area contributed by atoms with Crippen molar-refractivity contribution in [2.75, 3.05) is 0 Å². The molecule has 3 aromatic heterocycles. The molecule has 3 heterocycles. The van der Waals surface area contributed by atoms with Crippen LogP contribution < -0.4 is 10.5 Å². The molecule has 1 fully saturated rings. The van der Waals surface area contributed by atoms with Gasteiger partial charge in [-0.1, -0.05) is 19.1 Å². The van der Waals surface area contributed by atoms with Gasteiger partial charge in [0.1, 0.15) is 34.9 Å². The van der Waals surface area contributed by atoms with E-state index in [2.05, 4.69) is 21.9 Å². The topological polar surface area (TPSA) is 91.0 Å². The zero-order valence-corrected chi connectivity index (χ0v) is 21.2. The van der Waals surface area contributed by atoms with E-state index in [0.717, 1.165) is 30.2 Å². The largest absolute Gasteiger partial charge is 0.472 e. The SMILES string of the molecule is C[C@H]1C[C@@H](c2ccncc2CC(=O)c2ccc(F)c(-c3c(F)cccc3F)n2)C[C@@H](N)[C@H]1Oc1ccccn1. The van der Waals surface area contributed by atoms with E-state index < -0.39 is 34.5 Å². The highest BCUT2D eigenvalue weighted by molar-refractivity contribution is 5.96. The van der Waals surface area contributed by atoms with E-state index in [1.54, 1.807) is 24.7 Å². The number of Topliss-reactive ketones (excluding diaryl/α,β-unsaturated/α-hetero) is 1. The minimum atomic E-state index is -0.964. The van der Waals surface area contributed by atoms with Crippen molar-refractivity contribution >= 4 is 5.78 Å². The second-order valence-electron chi connectivity index (χ2n) is 9.86. The van der Waals surface area contributed by atoms with Gasteiger partial charge in [0.2, 0.25) is 5.88 Å². The van der Waals surface area contributed by atoms with Crippen molar-refractivity contribution < 1.29 is 22.7 Å². The molecule has 1 aromatic carbocycles. The summed E-state index contributed by atoms with van der Waals surface area (Å²) in [4.78, 5) is 25.7. The van der Waals surface area contributed by atoms with Gasteiger partial charge in [-0.2, -0.15) is 0 Å². The van der Waals surface area contributed by atoms with Crippen LogP contribution >= 0.6 is 0 Å². The van der Waals surface area contributed by atoms with Crippen molar-refractivity contribution in [2.45, 2.75) is 44.2 Å². The predicted octanol–water partition coefficient (Wildman–Crippen LogP) is 5.67. The molecule has 5 rings (SSSR count). The standard InChI is InChI=1S/C30H27F3N4O2/c1-17-13-18(14-24(34)30(17)39-27-7-2-3-11-36-27)20-10-12-35-16-19(20)15-26(38)25-9-8-23(33)29(37-25)28-21(31)5-4-6-22(28)32/h2-12,16-18,24,30H,13-15,34H2,1H3/t17-,18+,24+,30-/m0/s1. The molecule has 0 unspecified atom stereocenters. The van der Waals surface area contributed by atoms with Gasteiger partial charge in [0, 0.05) is 37.1 Å². The van der Waals surface area contributed by atoms with Crippen LogP contribution in [0, 0.1) is 23.4 Å². The van der Waals surface area contributed by atoms with Crippen molar-refractivity contribution in [3.8, 4) is 17.1 Å². The number of ketones is 1. The summed E-state index contributed by atoms with van der Waals surface area (Å²) < 4.78 is 49.2. The highest BCUT2D eigenvalue weighted by atomic mass is 19.1. The number of rotatable bonds is 7. The molecule has 2 N–H and O–H groups in total. The Morgan fingerprint density at radius 1 is 0.974 bits per heavy atom. The molecule has 39 heavy (non-hydrogen) atoms. The Morgan fingerprint density at radius 3 is 2.49 bits per heavy atom. The Kier molecular flexibility index (Phi) is 7.70. The van der Waals surface area contributed by atoms with Gasteiger partial charge >= 0.3 is 0 Å². The number of nitrogens with two attached hydrogens (primary N) is 1. The summed E-state index contributed by atoms with van der Waals surface area (Å²) >= 11 is 0. The fraction of sp³-hybridized carbons (Fsp3) is 0.267. The van der Waals surface area contributed by atoms with E-state index >= 15 is 0 Å². The van der Waals surface area contributed by atoms with E-state index in [1.807, 2.05) is 18.2 Å². The summed E-state index contributed by atoms with van der Waals surface area (Å²) in [6.45, 7) is 2.08. The number of carbonyl (C=O) groups is 1. The van der Waals surface area contributed by atoms with E-state index in [0.29, 0.717) is 17.9 Å². The molecule has 9 heteroatoms. The summed E-state index contributed by atoms with van der Waals surface area (Å²) in [5, 5.41) is 0. The van der Waals surface area contributed by atoms with Crippen molar-refractivity contribution in [1.82, 2.24) is 15.0 Å². The van der Waals surface area contributed by atoms with Crippen LogP contribution in [0.15, 0.2) is 73.2 Å². The first-order valence-electron chi connectivity index (χ1n) is 12.7. The molecule has 0 radical (unpaired) electrons. The smallest absolute Gasteiger partial charge is 0.213 e. The van der Waals surface area contributed by atoms with Crippen molar-refractivity contribution in [2.24, 2.45) is 11.7 Å². The lowest BCUT2D eigenvalue weighted by Gasteiger charge is -2.39. The molecule has 6 nitrogen and oxygen atoms in total. The van der Waals surface area contributed by atoms with E-state index in [-0.39, 0.29) is 36.1 Å². The van der Waals surface area contributed by atoms with Crippen LogP contribution in [0.3, 0.4) is 0 Å². The second kappa shape index (κ2) is 11.3. The minimum absolute atomic E-state index is 0.0605. The normalized spacial score (nSPS) is 20.9. The van der Waals surface area contributed by atoms with E-state index in [4.69, 9.17) is 10.5 Å². The molecule has 1 saturated carbocycles. The van der Waals surface area contributed by atoms with Crippen LogP contribution in [0.1, 0.15) is 47.3 Å². The molecule has 4 atom stereocenters. The van der Waals surface area contributed by atoms with Gasteiger partial charge in [0.15, 0.2) is 5.78 Å². The van der Waals surface area contributed by atoms with Crippen molar-refractivity contribution in [1.29, 1.82) is 0 Å². The predicted molar refractivity (Wildman–Crippen MR) is 140 cm³/mol. The second-order valence-corrected chi connectivity index (χ2v) is 9.86. The van der Waals surface area contributed by atoms with Crippen LogP contribution in [-0.2, 0) is 6.42 Å². The van der Waals surface area contributed by atoms with E-state index in [1.165, 1.54) is 12.1 Å². The van der Waals surface area contributed by atoms with Crippen molar-refractivity contribution in [3.63, 3.8) is 0 Å². The van der Waals surface area contributed by atoms with Crippen LogP contribution in [-0.4, -0.2) is 32.9 Å². The zero-order valence-electron chi connectivity index (χ0n) is 21.2. The first-order valence-corrected chi connectivity index (χ1v) is 12.7. The number of hydrogen-bond acceptors (Lipinski definition) is 6. The number of ether oxygens (including phenoxy) is 1. The maximum absolute atomic E-state index is 14.5. The van der Waals surface area contributed by atoms with Gasteiger partial charge in [-0.05, 0) is 72.2 Å². The molecule has 0 amide bonds. The minimum Gasteiger partial charge on any atom is -0.472 e. The Labute approximate surface area is 224 Å². The maximum atomic E-state index is 14.5. The Bertz CT molecular complexity index is 1450. The number of nitrogens with zero attached hydrogens (tertiary/aromatic N) is 3. The van der Waals surface area contributed by atoms with Gasteiger partial charge in [-0.15, -0.1) is 0 Å². The zero-order chi connectivity index (χ0) is 27.5. The molecule has 0 spiro atoms. The summed E-state index contributed by atoms with van der Waals surface area (Å²) in [7, 11) is 0. The molecule has 200 valence electrons. The summed E-state index contributed by atoms with van der Waals surface area (Å²) in [6, 6.07) is 12.5. The first-order chi connectivity index (χ1) is 18.8. The Balaban J connectivity index is 1.36. The highest BCUT2D eigenvalue weighted by Crippen LogP contribution is 2.38. The average Bonchev–Trinajstić information content (AvgIpc) is 2.92. The highest BCUT2D eigenvalue weighted by Gasteiger charge is 2.37. The number of aromatic nitrogens is 3. The number of pyridine rings is 3. The fourth-order valence-corrected chi connectivity index (χ4v) is 5.32. The summed E-state index contributed by atoms with van der Waals surface area (Å²) in [6.07, 6.45) is 6.12. The van der Waals surface area contributed by atoms with Gasteiger partial charge in [0.05, 0.1) is 5.56 Å². The number of hydrogen-bond donors (Lipinski definition) is 1. The lowest BCUT2D eigenvalue weighted by Crippen LogP contribution is -2.48. The third-order valence-electron chi connectivity index (χ3n) is 7.15. The van der Waals surface area contributed by atoms with Gasteiger partial charge in [-0.3, -0.25) is 9.78 Å². The Hall–Kier alpha value is -4.11. The van der Waals surface area contributed by atoms with Crippen molar-refractivity contribution in [3.05, 3.63) is 107 Å². The number of benzene rings is 1. The van der Waals surface area contributed by atoms with Gasteiger partial charge < -0.3 is 10.5 Å². The first kappa shape index (κ1) is 26.5. The van der Waals surface area contributed by atoms with Crippen LogP contribution in [0.5, 0.6) is 5.88 Å². The monoisotopic (exact) mass is 532 g/mol. The summed E-state index contributed by atoms with van der Waals surface area (Å²) in [5.74, 6) is -2.57. The molecule has 0 saturated heterocycles. The van der Waals surface area contributed by atoms with Crippen LogP contribution in [0.4, 0.5) is 13.2 Å². The molecule has 0 aliphatic heterocycles. The fourth-order valence-electron chi connectivity index (χ4n) is 5.32. The lowest BCUT2D eigenvalue weighted by molar-refractivity contribution is 0.0693. The number of carbonyl (C=O) groups excluding carboxylic acids is 1. The number of halogens is 3. The molecule has 0 bridgehead atoms. The van der Waals surface area contributed by atoms with Crippen LogP contribution in [0.2, 0.25) is 0 Å². The molecule has 1 aliphatic carbocycles. The maximum Gasteiger partial charge on any atom is 0.213 e. The third kappa shape index (κ3) is 5.68. The molecular weight excluding hydrogens is 505 g/mol. The Morgan fingerprint density at radius 2 is 1.77 bits per heavy atom. The average molecular weight is 533 g/mol. The molecule has 1 aliphatic rings. The van der Waals surface area contributed by atoms with Gasteiger partial charge in [-0.25, -0.2) is 23.1 Å².